The SMILES string of the molecule is CC1C(/C=C/C=C/C=C2/C(C)c3cc(S(=O)(=O)O)ccc3N2CCCCCC(=O)O)=Nc2c1ccc[n+]2C. The Bertz CT molecular complexity index is 1460. The lowest BCUT2D eigenvalue weighted by Gasteiger charge is -2.22. The van der Waals surface area contributed by atoms with Crippen LogP contribution in [0, 0.1) is 0 Å². The van der Waals surface area contributed by atoms with Crippen LogP contribution in [0.2, 0.25) is 0 Å². The number of fused-ring (bicyclic) bond motifs is 2. The van der Waals surface area contributed by atoms with Crippen molar-refractivity contribution in [3.63, 3.8) is 0 Å². The van der Waals surface area contributed by atoms with Crippen molar-refractivity contribution in [1.82, 2.24) is 0 Å². The number of nitrogens with zero attached hydrogens (tertiary/aromatic N) is 3. The van der Waals surface area contributed by atoms with Crippen molar-refractivity contribution in [2.24, 2.45) is 12.0 Å². The van der Waals surface area contributed by atoms with E-state index in [0.29, 0.717) is 13.0 Å². The molecule has 0 amide bonds. The molecule has 2 unspecified atom stereocenters. The molecule has 1 aromatic heterocycles. The predicted molar refractivity (Wildman–Crippen MR) is 148 cm³/mol. The fourth-order valence-corrected chi connectivity index (χ4v) is 5.58. The zero-order valence-electron chi connectivity index (χ0n) is 21.9. The third-order valence-electron chi connectivity index (χ3n) is 7.16. The Hall–Kier alpha value is -3.56. The molecule has 2 aromatic rings. The summed E-state index contributed by atoms with van der Waals surface area (Å²) in [6, 6.07) is 8.82. The zero-order chi connectivity index (χ0) is 27.4. The van der Waals surface area contributed by atoms with E-state index in [2.05, 4.69) is 17.9 Å². The van der Waals surface area contributed by atoms with E-state index in [9.17, 15) is 17.8 Å². The van der Waals surface area contributed by atoms with Crippen LogP contribution >= 0.6 is 0 Å². The number of carboxylic acids is 1. The smallest absolute Gasteiger partial charge is 0.326 e. The number of aryl methyl sites for hydroxylation is 1. The quantitative estimate of drug-likeness (QED) is 0.187. The van der Waals surface area contributed by atoms with E-state index in [1.807, 2.05) is 61.2 Å². The number of aliphatic carboxylic acids is 1. The molecule has 0 bridgehead atoms. The minimum Gasteiger partial charge on any atom is -0.481 e. The highest BCUT2D eigenvalue weighted by atomic mass is 32.2. The van der Waals surface area contributed by atoms with Gasteiger partial charge in [0.25, 0.3) is 10.1 Å². The molecular formula is C29H34N3O5S+. The third-order valence-corrected chi connectivity index (χ3v) is 8.01. The molecular weight excluding hydrogens is 502 g/mol. The highest BCUT2D eigenvalue weighted by molar-refractivity contribution is 7.85. The summed E-state index contributed by atoms with van der Waals surface area (Å²) in [5.41, 5.74) is 4.96. The van der Waals surface area contributed by atoms with Crippen LogP contribution in [0.5, 0.6) is 0 Å². The van der Waals surface area contributed by atoms with Gasteiger partial charge in [-0.15, -0.1) is 0 Å². The topological polar surface area (TPSA) is 111 Å². The molecule has 0 fully saturated rings. The third kappa shape index (κ3) is 5.95. The van der Waals surface area contributed by atoms with E-state index in [0.717, 1.165) is 41.3 Å². The fourth-order valence-electron chi connectivity index (χ4n) is 5.06. The van der Waals surface area contributed by atoms with Gasteiger partial charge in [0, 0.05) is 30.3 Å². The second-order valence-electron chi connectivity index (χ2n) is 9.77. The summed E-state index contributed by atoms with van der Waals surface area (Å²) in [7, 11) is -2.31. The summed E-state index contributed by atoms with van der Waals surface area (Å²) in [6.45, 7) is 4.84. The maximum atomic E-state index is 11.7. The lowest BCUT2D eigenvalue weighted by molar-refractivity contribution is -0.658. The van der Waals surface area contributed by atoms with E-state index < -0.39 is 16.1 Å². The number of rotatable bonds is 10. The number of unbranched alkanes of at least 4 members (excludes halogenated alkanes) is 2. The van der Waals surface area contributed by atoms with Crippen molar-refractivity contribution >= 4 is 33.3 Å². The Balaban J connectivity index is 1.52. The Morgan fingerprint density at radius 2 is 1.87 bits per heavy atom. The summed E-state index contributed by atoms with van der Waals surface area (Å²) in [6.07, 6.45) is 14.3. The number of aliphatic imine (C=N–C) groups is 1. The molecule has 3 heterocycles. The van der Waals surface area contributed by atoms with Crippen LogP contribution < -0.4 is 9.47 Å². The standard InChI is InChI=1S/C29H33N3O5S/c1-20-23-11-10-17-31(3)29(23)30-25(20)12-6-4-7-13-26-21(2)24-19-22(38(35,36)37)15-16-27(24)32(26)18-9-5-8-14-28(33)34/h4,6-7,10-13,15-17,19-21H,5,8-9,14,18H2,1-3H3,(H-,33,34,35,36,37)/p+1. The van der Waals surface area contributed by atoms with Gasteiger partial charge in [0.1, 0.15) is 0 Å². The molecule has 9 heteroatoms. The Kier molecular flexibility index (Phi) is 8.28. The van der Waals surface area contributed by atoms with E-state index in [-0.39, 0.29) is 23.2 Å². The fraction of sp³-hybridized carbons (Fsp3) is 0.345. The van der Waals surface area contributed by atoms with Gasteiger partial charge in [-0.3, -0.25) is 9.35 Å². The average Bonchev–Trinajstić information content (AvgIpc) is 3.32. The van der Waals surface area contributed by atoms with Gasteiger partial charge in [0.2, 0.25) is 0 Å². The summed E-state index contributed by atoms with van der Waals surface area (Å²) in [4.78, 5) is 17.6. The van der Waals surface area contributed by atoms with Gasteiger partial charge in [-0.25, -0.2) is 4.57 Å². The van der Waals surface area contributed by atoms with Crippen molar-refractivity contribution in [2.75, 3.05) is 11.4 Å². The number of benzene rings is 1. The molecule has 2 atom stereocenters. The zero-order valence-corrected chi connectivity index (χ0v) is 22.7. The van der Waals surface area contributed by atoms with Crippen LogP contribution in [-0.2, 0) is 22.0 Å². The van der Waals surface area contributed by atoms with Crippen molar-refractivity contribution in [1.29, 1.82) is 0 Å². The Labute approximate surface area is 224 Å². The summed E-state index contributed by atoms with van der Waals surface area (Å²) >= 11 is 0. The molecule has 0 spiro atoms. The summed E-state index contributed by atoms with van der Waals surface area (Å²) in [5, 5.41) is 8.89. The molecule has 0 saturated heterocycles. The molecule has 2 N–H and O–H groups in total. The molecule has 0 radical (unpaired) electrons. The Morgan fingerprint density at radius 3 is 2.58 bits per heavy atom. The van der Waals surface area contributed by atoms with Crippen molar-refractivity contribution < 1.29 is 27.4 Å². The first-order chi connectivity index (χ1) is 18.1. The summed E-state index contributed by atoms with van der Waals surface area (Å²) < 4.78 is 35.0. The highest BCUT2D eigenvalue weighted by Crippen LogP contribution is 2.44. The number of hydrogen-bond acceptors (Lipinski definition) is 5. The molecule has 38 heavy (non-hydrogen) atoms. The largest absolute Gasteiger partial charge is 0.481 e. The molecule has 0 aliphatic carbocycles. The number of aromatic nitrogens is 1. The van der Waals surface area contributed by atoms with Crippen molar-refractivity contribution in [3.8, 4) is 0 Å². The van der Waals surface area contributed by atoms with Crippen LogP contribution in [0.4, 0.5) is 11.5 Å². The van der Waals surface area contributed by atoms with Gasteiger partial charge in [-0.05, 0) is 65.9 Å². The van der Waals surface area contributed by atoms with Gasteiger partial charge in [0.05, 0.1) is 29.6 Å². The van der Waals surface area contributed by atoms with Crippen molar-refractivity contribution in [3.05, 3.63) is 83.7 Å². The molecule has 4 rings (SSSR count). The van der Waals surface area contributed by atoms with Gasteiger partial charge in [0.15, 0.2) is 5.71 Å². The molecule has 1 aromatic carbocycles. The van der Waals surface area contributed by atoms with Crippen LogP contribution in [0.25, 0.3) is 0 Å². The highest BCUT2D eigenvalue weighted by Gasteiger charge is 2.32. The molecule has 8 nitrogen and oxygen atoms in total. The van der Waals surface area contributed by atoms with Crippen molar-refractivity contribution in [2.45, 2.75) is 56.3 Å². The lowest BCUT2D eigenvalue weighted by Crippen LogP contribution is -2.27. The maximum absolute atomic E-state index is 11.7. The molecule has 0 saturated carbocycles. The minimum absolute atomic E-state index is 0.0759. The second kappa shape index (κ2) is 11.4. The lowest BCUT2D eigenvalue weighted by atomic mass is 9.99. The summed E-state index contributed by atoms with van der Waals surface area (Å²) in [5.74, 6) is 0.329. The van der Waals surface area contributed by atoms with Crippen LogP contribution in [0.15, 0.2) is 82.5 Å². The maximum Gasteiger partial charge on any atom is 0.326 e. The van der Waals surface area contributed by atoms with Gasteiger partial charge in [-0.1, -0.05) is 38.5 Å². The van der Waals surface area contributed by atoms with Crippen LogP contribution in [0.1, 0.15) is 62.5 Å². The average molecular weight is 537 g/mol. The number of carboxylic acid groups (broad SMARTS) is 1. The number of hydrogen-bond donors (Lipinski definition) is 2. The van der Waals surface area contributed by atoms with E-state index in [1.54, 1.807) is 6.07 Å². The number of allylic oxidation sites excluding steroid dienone is 6. The first-order valence-electron chi connectivity index (χ1n) is 12.8. The first-order valence-corrected chi connectivity index (χ1v) is 14.2. The number of pyridine rings is 1. The van der Waals surface area contributed by atoms with Gasteiger partial charge < -0.3 is 10.0 Å². The van der Waals surface area contributed by atoms with Crippen LogP contribution in [0.3, 0.4) is 0 Å². The number of carbonyl (C=O) groups is 1. The number of anilines is 1. The predicted octanol–water partition coefficient (Wildman–Crippen LogP) is 5.21. The van der Waals surface area contributed by atoms with Gasteiger partial charge >= 0.3 is 11.8 Å². The monoisotopic (exact) mass is 536 g/mol. The van der Waals surface area contributed by atoms with E-state index in [4.69, 9.17) is 10.1 Å². The molecule has 2 aliphatic rings. The Morgan fingerprint density at radius 1 is 1.08 bits per heavy atom. The van der Waals surface area contributed by atoms with E-state index in [1.165, 1.54) is 17.7 Å². The minimum atomic E-state index is -4.30. The molecule has 2 aliphatic heterocycles. The van der Waals surface area contributed by atoms with E-state index >= 15 is 0 Å². The first kappa shape index (κ1) is 27.5. The second-order valence-corrected chi connectivity index (χ2v) is 11.2. The molecule has 200 valence electrons. The van der Waals surface area contributed by atoms with Crippen LogP contribution in [-0.4, -0.2) is 36.3 Å². The normalized spacial score (nSPS) is 19.9. The van der Waals surface area contributed by atoms with Gasteiger partial charge in [-0.2, -0.15) is 8.42 Å².